The van der Waals surface area contributed by atoms with Crippen LogP contribution < -0.4 is 4.74 Å². The summed E-state index contributed by atoms with van der Waals surface area (Å²) in [5, 5.41) is 11.7. The topological polar surface area (TPSA) is 66.8 Å². The molecule has 1 aliphatic heterocycles. The number of amides is 1. The summed E-state index contributed by atoms with van der Waals surface area (Å²) in [4.78, 5) is 27.0. The SMILES string of the molecule is CCCN1C(=O)C(=O)/C(=C(\O)c2ccccc2OC)C1c1ccc(Cl)c(Cl)c1. The molecule has 2 aromatic rings. The number of rotatable bonds is 5. The van der Waals surface area contributed by atoms with Gasteiger partial charge in [0.25, 0.3) is 11.7 Å². The summed E-state index contributed by atoms with van der Waals surface area (Å²) in [5.41, 5.74) is 0.935. The Balaban J connectivity index is 2.24. The van der Waals surface area contributed by atoms with Crippen molar-refractivity contribution < 1.29 is 19.4 Å². The highest BCUT2D eigenvalue weighted by atomic mass is 35.5. The first-order chi connectivity index (χ1) is 13.4. The van der Waals surface area contributed by atoms with E-state index < -0.39 is 17.7 Å². The van der Waals surface area contributed by atoms with Gasteiger partial charge in [0.05, 0.1) is 34.3 Å². The molecule has 1 amide bonds. The van der Waals surface area contributed by atoms with E-state index in [1.807, 2.05) is 6.92 Å². The lowest BCUT2D eigenvalue weighted by Gasteiger charge is -2.25. The number of para-hydroxylation sites is 1. The molecule has 146 valence electrons. The van der Waals surface area contributed by atoms with Crippen molar-refractivity contribution in [3.8, 4) is 5.75 Å². The molecule has 0 bridgehead atoms. The van der Waals surface area contributed by atoms with Gasteiger partial charge in [-0.1, -0.05) is 48.3 Å². The monoisotopic (exact) mass is 419 g/mol. The second-order valence-corrected chi connectivity index (χ2v) is 7.18. The molecule has 0 aliphatic carbocycles. The summed E-state index contributed by atoms with van der Waals surface area (Å²) < 4.78 is 5.30. The van der Waals surface area contributed by atoms with Crippen LogP contribution in [0.15, 0.2) is 48.0 Å². The zero-order chi connectivity index (χ0) is 20.4. The van der Waals surface area contributed by atoms with Crippen LogP contribution in [0, 0.1) is 0 Å². The van der Waals surface area contributed by atoms with Crippen LogP contribution in [-0.4, -0.2) is 35.4 Å². The fourth-order valence-corrected chi connectivity index (χ4v) is 3.67. The number of nitrogens with zero attached hydrogens (tertiary/aromatic N) is 1. The molecule has 0 spiro atoms. The van der Waals surface area contributed by atoms with Gasteiger partial charge in [-0.25, -0.2) is 0 Å². The highest BCUT2D eigenvalue weighted by Crippen LogP contribution is 2.42. The van der Waals surface area contributed by atoms with Crippen LogP contribution in [0.3, 0.4) is 0 Å². The second kappa shape index (κ2) is 8.25. The van der Waals surface area contributed by atoms with E-state index in [9.17, 15) is 14.7 Å². The van der Waals surface area contributed by atoms with E-state index in [4.69, 9.17) is 27.9 Å². The lowest BCUT2D eigenvalue weighted by atomic mass is 9.95. The van der Waals surface area contributed by atoms with Crippen molar-refractivity contribution >= 4 is 40.7 Å². The van der Waals surface area contributed by atoms with Gasteiger partial charge >= 0.3 is 0 Å². The lowest BCUT2D eigenvalue weighted by molar-refractivity contribution is -0.139. The number of hydrogen-bond donors (Lipinski definition) is 1. The molecule has 2 aromatic carbocycles. The summed E-state index contributed by atoms with van der Waals surface area (Å²) in [6.45, 7) is 2.27. The van der Waals surface area contributed by atoms with Gasteiger partial charge in [0, 0.05) is 6.54 Å². The number of Topliss-reactive ketones (excluding diaryl/α,β-unsaturated/α-hetero) is 1. The largest absolute Gasteiger partial charge is 0.507 e. The highest BCUT2D eigenvalue weighted by molar-refractivity contribution is 6.47. The van der Waals surface area contributed by atoms with Crippen molar-refractivity contribution in [2.24, 2.45) is 0 Å². The maximum atomic E-state index is 12.8. The molecule has 1 fully saturated rings. The van der Waals surface area contributed by atoms with Crippen molar-refractivity contribution in [2.45, 2.75) is 19.4 Å². The number of likely N-dealkylation sites (tertiary alicyclic amines) is 1. The third kappa shape index (κ3) is 3.48. The van der Waals surface area contributed by atoms with Gasteiger partial charge in [0.15, 0.2) is 0 Å². The molecule has 28 heavy (non-hydrogen) atoms. The number of ether oxygens (including phenoxy) is 1. The molecule has 5 nitrogen and oxygen atoms in total. The van der Waals surface area contributed by atoms with Crippen molar-refractivity contribution in [1.29, 1.82) is 0 Å². The lowest BCUT2D eigenvalue weighted by Crippen LogP contribution is -2.30. The Morgan fingerprint density at radius 3 is 2.50 bits per heavy atom. The van der Waals surface area contributed by atoms with Crippen molar-refractivity contribution in [3.05, 3.63) is 69.2 Å². The van der Waals surface area contributed by atoms with E-state index in [1.54, 1.807) is 42.5 Å². The highest BCUT2D eigenvalue weighted by Gasteiger charge is 2.46. The van der Waals surface area contributed by atoms with Crippen LogP contribution >= 0.6 is 23.2 Å². The Hall–Kier alpha value is -2.50. The summed E-state index contributed by atoms with van der Waals surface area (Å²) in [6, 6.07) is 10.9. The average molecular weight is 420 g/mol. The zero-order valence-corrected chi connectivity index (χ0v) is 16.9. The number of aliphatic hydroxyl groups excluding tert-OH is 1. The molecule has 7 heteroatoms. The molecule has 1 N–H and O–H groups in total. The second-order valence-electron chi connectivity index (χ2n) is 6.37. The van der Waals surface area contributed by atoms with Crippen LogP contribution in [0.2, 0.25) is 10.0 Å². The number of ketones is 1. The molecule has 1 unspecified atom stereocenters. The van der Waals surface area contributed by atoms with Gasteiger partial charge in [0.1, 0.15) is 11.5 Å². The number of aliphatic hydroxyl groups is 1. The first-order valence-corrected chi connectivity index (χ1v) is 9.53. The van der Waals surface area contributed by atoms with Crippen molar-refractivity contribution in [2.75, 3.05) is 13.7 Å². The van der Waals surface area contributed by atoms with Crippen LogP contribution in [0.5, 0.6) is 5.75 Å². The number of carbonyl (C=O) groups excluding carboxylic acids is 2. The Kier molecular flexibility index (Phi) is 5.96. The third-order valence-corrected chi connectivity index (χ3v) is 5.36. The van der Waals surface area contributed by atoms with Crippen LogP contribution in [0.25, 0.3) is 5.76 Å². The maximum Gasteiger partial charge on any atom is 0.295 e. The van der Waals surface area contributed by atoms with Gasteiger partial charge in [-0.05, 0) is 36.2 Å². The molecular formula is C21H19Cl2NO4. The Morgan fingerprint density at radius 1 is 1.14 bits per heavy atom. The summed E-state index contributed by atoms with van der Waals surface area (Å²) in [6.07, 6.45) is 0.652. The van der Waals surface area contributed by atoms with Crippen molar-refractivity contribution in [1.82, 2.24) is 4.90 Å². The minimum atomic E-state index is -0.764. The number of carbonyl (C=O) groups is 2. The fourth-order valence-electron chi connectivity index (χ4n) is 3.37. The van der Waals surface area contributed by atoms with Crippen LogP contribution in [0.4, 0.5) is 0 Å². The molecule has 1 heterocycles. The molecule has 1 saturated heterocycles. The van der Waals surface area contributed by atoms with Crippen molar-refractivity contribution in [3.63, 3.8) is 0 Å². The van der Waals surface area contributed by atoms with E-state index in [1.165, 1.54) is 12.0 Å². The van der Waals surface area contributed by atoms with Crippen LogP contribution in [0.1, 0.15) is 30.5 Å². The Labute approximate surface area is 173 Å². The molecule has 1 atom stereocenters. The Morgan fingerprint density at radius 2 is 1.86 bits per heavy atom. The Bertz CT molecular complexity index is 971. The van der Waals surface area contributed by atoms with Gasteiger partial charge in [0.2, 0.25) is 0 Å². The van der Waals surface area contributed by atoms with Crippen LogP contribution in [-0.2, 0) is 9.59 Å². The summed E-state index contributed by atoms with van der Waals surface area (Å²) in [5.74, 6) is -1.29. The summed E-state index contributed by atoms with van der Waals surface area (Å²) in [7, 11) is 1.47. The van der Waals surface area contributed by atoms with Gasteiger partial charge in [-0.3, -0.25) is 9.59 Å². The average Bonchev–Trinajstić information content (AvgIpc) is 2.95. The smallest absolute Gasteiger partial charge is 0.295 e. The predicted molar refractivity (Wildman–Crippen MR) is 109 cm³/mol. The normalized spacial score (nSPS) is 18.6. The quantitative estimate of drug-likeness (QED) is 0.427. The fraction of sp³-hybridized carbons (Fsp3) is 0.238. The minimum absolute atomic E-state index is 0.00124. The third-order valence-electron chi connectivity index (χ3n) is 4.63. The number of hydrogen-bond acceptors (Lipinski definition) is 4. The molecule has 1 aliphatic rings. The molecule has 3 rings (SSSR count). The standard InChI is InChI=1S/C21H19Cl2NO4/c1-3-10-24-18(12-8-9-14(22)15(23)11-12)17(20(26)21(24)27)19(25)13-6-4-5-7-16(13)28-2/h4-9,11,18,25H,3,10H2,1-2H3/b19-17-. The van der Waals surface area contributed by atoms with E-state index in [0.29, 0.717) is 39.9 Å². The van der Waals surface area contributed by atoms with E-state index >= 15 is 0 Å². The maximum absolute atomic E-state index is 12.8. The number of benzene rings is 2. The van der Waals surface area contributed by atoms with Gasteiger partial charge in [-0.2, -0.15) is 0 Å². The van der Waals surface area contributed by atoms with Gasteiger partial charge < -0.3 is 14.7 Å². The molecule has 0 radical (unpaired) electrons. The minimum Gasteiger partial charge on any atom is -0.507 e. The molecule has 0 saturated carbocycles. The predicted octanol–water partition coefficient (Wildman–Crippen LogP) is 4.83. The zero-order valence-electron chi connectivity index (χ0n) is 15.4. The van der Waals surface area contributed by atoms with Gasteiger partial charge in [-0.15, -0.1) is 0 Å². The summed E-state index contributed by atoms with van der Waals surface area (Å²) >= 11 is 12.2. The first-order valence-electron chi connectivity index (χ1n) is 8.77. The molecule has 0 aromatic heterocycles. The number of halogens is 2. The first kappa shape index (κ1) is 20.2. The van der Waals surface area contributed by atoms with E-state index in [2.05, 4.69) is 0 Å². The molecular weight excluding hydrogens is 401 g/mol. The number of methoxy groups -OCH3 is 1. The van der Waals surface area contributed by atoms with E-state index in [-0.39, 0.29) is 11.3 Å². The van der Waals surface area contributed by atoms with E-state index in [0.717, 1.165) is 0 Å².